The molecular weight excluding hydrogens is 460 g/mol. The number of benzene rings is 2. The van der Waals surface area contributed by atoms with E-state index in [2.05, 4.69) is 10.5 Å². The Balaban J connectivity index is 1.34. The number of rotatable bonds is 8. The van der Waals surface area contributed by atoms with Crippen molar-refractivity contribution in [2.45, 2.75) is 45.7 Å². The summed E-state index contributed by atoms with van der Waals surface area (Å²) in [4.78, 5) is 12.6. The number of ether oxygens (including phenoxy) is 4. The predicted octanol–water partition coefficient (Wildman–Crippen LogP) is 5.56. The van der Waals surface area contributed by atoms with Gasteiger partial charge < -0.3 is 28.8 Å². The van der Waals surface area contributed by atoms with Gasteiger partial charge in [-0.05, 0) is 70.2 Å². The van der Waals surface area contributed by atoms with E-state index in [1.54, 1.807) is 24.3 Å². The van der Waals surface area contributed by atoms with Gasteiger partial charge in [0.25, 0.3) is 5.91 Å². The molecule has 1 aliphatic rings. The van der Waals surface area contributed by atoms with Crippen LogP contribution in [0.2, 0.25) is 5.02 Å². The molecule has 3 aromatic rings. The molecule has 8 nitrogen and oxygen atoms in total. The number of amides is 1. The Kier molecular flexibility index (Phi) is 7.11. The van der Waals surface area contributed by atoms with Crippen molar-refractivity contribution < 1.29 is 28.3 Å². The van der Waals surface area contributed by atoms with E-state index in [0.717, 1.165) is 5.56 Å². The Morgan fingerprint density at radius 3 is 2.62 bits per heavy atom. The highest BCUT2D eigenvalue weighted by Gasteiger charge is 2.32. The molecule has 0 aliphatic carbocycles. The molecule has 1 unspecified atom stereocenters. The first-order valence-electron chi connectivity index (χ1n) is 11.0. The van der Waals surface area contributed by atoms with Gasteiger partial charge >= 0.3 is 0 Å². The van der Waals surface area contributed by atoms with Gasteiger partial charge in [0.05, 0.1) is 17.7 Å². The van der Waals surface area contributed by atoms with Gasteiger partial charge in [-0.3, -0.25) is 4.79 Å². The fraction of sp³-hybridized carbons (Fsp3) is 0.360. The summed E-state index contributed by atoms with van der Waals surface area (Å²) in [7, 11) is 0. The van der Waals surface area contributed by atoms with Crippen molar-refractivity contribution in [2.24, 2.45) is 0 Å². The minimum atomic E-state index is -0.577. The van der Waals surface area contributed by atoms with Crippen LogP contribution in [0.15, 0.2) is 53.1 Å². The molecule has 34 heavy (non-hydrogen) atoms. The number of hydrogen-bond donors (Lipinski definition) is 1. The zero-order chi connectivity index (χ0) is 24.3. The molecule has 1 saturated heterocycles. The maximum atomic E-state index is 12.6. The SMILES string of the molecule is CC(C)Oc1ccc(NC(=O)c2cc(-c3ccc(OCC4COC(C)(C)O4)cc3)on2)cc1Cl. The van der Waals surface area contributed by atoms with Crippen molar-refractivity contribution in [1.82, 2.24) is 5.16 Å². The van der Waals surface area contributed by atoms with Gasteiger partial charge in [0.2, 0.25) is 0 Å². The van der Waals surface area contributed by atoms with Crippen LogP contribution in [0, 0.1) is 0 Å². The van der Waals surface area contributed by atoms with E-state index in [1.165, 1.54) is 0 Å². The number of aromatic nitrogens is 1. The Bertz CT molecular complexity index is 1140. The number of anilines is 1. The fourth-order valence-electron chi connectivity index (χ4n) is 3.39. The smallest absolute Gasteiger partial charge is 0.277 e. The van der Waals surface area contributed by atoms with E-state index >= 15 is 0 Å². The third-order valence-electron chi connectivity index (χ3n) is 4.94. The van der Waals surface area contributed by atoms with Crippen LogP contribution in [0.4, 0.5) is 5.69 Å². The molecular formula is C25H27ClN2O6. The summed E-state index contributed by atoms with van der Waals surface area (Å²) in [6.07, 6.45) is -0.116. The molecule has 2 aromatic carbocycles. The lowest BCUT2D eigenvalue weighted by atomic mass is 10.1. The highest BCUT2D eigenvalue weighted by molar-refractivity contribution is 6.32. The summed E-state index contributed by atoms with van der Waals surface area (Å²) in [5.41, 5.74) is 1.44. The quantitative estimate of drug-likeness (QED) is 0.445. The molecule has 1 amide bonds. The number of halogens is 1. The number of nitrogens with one attached hydrogen (secondary N) is 1. The first kappa shape index (κ1) is 24.1. The molecule has 1 aromatic heterocycles. The van der Waals surface area contributed by atoms with Gasteiger partial charge in [-0.2, -0.15) is 0 Å². The van der Waals surface area contributed by atoms with Crippen LogP contribution in [-0.4, -0.2) is 42.3 Å². The molecule has 1 N–H and O–H groups in total. The maximum Gasteiger partial charge on any atom is 0.277 e. The van der Waals surface area contributed by atoms with Crippen LogP contribution in [0.3, 0.4) is 0 Å². The van der Waals surface area contributed by atoms with Gasteiger partial charge in [0.15, 0.2) is 17.2 Å². The second-order valence-corrected chi connectivity index (χ2v) is 9.04. The van der Waals surface area contributed by atoms with Crippen molar-refractivity contribution in [1.29, 1.82) is 0 Å². The third-order valence-corrected chi connectivity index (χ3v) is 5.23. The third kappa shape index (κ3) is 6.08. The van der Waals surface area contributed by atoms with Crippen molar-refractivity contribution in [3.05, 3.63) is 59.2 Å². The molecule has 1 fully saturated rings. The van der Waals surface area contributed by atoms with E-state index in [0.29, 0.717) is 41.2 Å². The van der Waals surface area contributed by atoms with Crippen molar-refractivity contribution in [3.8, 4) is 22.8 Å². The average molecular weight is 487 g/mol. The second kappa shape index (κ2) is 10.0. The Hall–Kier alpha value is -3.07. The van der Waals surface area contributed by atoms with Gasteiger partial charge in [0.1, 0.15) is 24.2 Å². The van der Waals surface area contributed by atoms with E-state index in [1.807, 2.05) is 52.0 Å². The lowest BCUT2D eigenvalue weighted by Gasteiger charge is -2.17. The Morgan fingerprint density at radius 1 is 1.21 bits per heavy atom. The minimum Gasteiger partial charge on any atom is -0.491 e. The summed E-state index contributed by atoms with van der Waals surface area (Å²) < 4.78 is 28.0. The van der Waals surface area contributed by atoms with Crippen LogP contribution in [0.1, 0.15) is 38.2 Å². The zero-order valence-electron chi connectivity index (χ0n) is 19.5. The van der Waals surface area contributed by atoms with Gasteiger partial charge in [-0.25, -0.2) is 0 Å². The van der Waals surface area contributed by atoms with Crippen LogP contribution >= 0.6 is 11.6 Å². The van der Waals surface area contributed by atoms with Crippen molar-refractivity contribution >= 4 is 23.2 Å². The normalized spacial score (nSPS) is 17.1. The lowest BCUT2D eigenvalue weighted by molar-refractivity contribution is -0.141. The van der Waals surface area contributed by atoms with Gasteiger partial charge in [0, 0.05) is 17.3 Å². The molecule has 0 bridgehead atoms. The number of hydrogen-bond acceptors (Lipinski definition) is 7. The van der Waals surface area contributed by atoms with Crippen LogP contribution in [0.25, 0.3) is 11.3 Å². The van der Waals surface area contributed by atoms with Crippen molar-refractivity contribution in [3.63, 3.8) is 0 Å². The zero-order valence-corrected chi connectivity index (χ0v) is 20.2. The molecule has 4 rings (SSSR count). The summed E-state index contributed by atoms with van der Waals surface area (Å²) in [6, 6.07) is 13.9. The first-order valence-corrected chi connectivity index (χ1v) is 11.4. The molecule has 180 valence electrons. The molecule has 0 radical (unpaired) electrons. The second-order valence-electron chi connectivity index (χ2n) is 8.63. The van der Waals surface area contributed by atoms with Crippen LogP contribution < -0.4 is 14.8 Å². The lowest BCUT2D eigenvalue weighted by Crippen LogP contribution is -2.25. The highest BCUT2D eigenvalue weighted by Crippen LogP contribution is 2.29. The number of carbonyl (C=O) groups excluding carboxylic acids is 1. The standard InChI is InChI=1S/C25H27ClN2O6/c1-15(2)32-22-10-7-17(11-20(22)26)27-24(29)21-12-23(34-28-21)16-5-8-18(9-6-16)30-13-19-14-31-25(3,4)33-19/h5-12,15,19H,13-14H2,1-4H3,(H,27,29). The highest BCUT2D eigenvalue weighted by atomic mass is 35.5. The molecule has 0 saturated carbocycles. The Morgan fingerprint density at radius 2 is 1.97 bits per heavy atom. The molecule has 1 aliphatic heterocycles. The predicted molar refractivity (Wildman–Crippen MR) is 128 cm³/mol. The van der Waals surface area contributed by atoms with Crippen LogP contribution in [0.5, 0.6) is 11.5 Å². The topological polar surface area (TPSA) is 92.1 Å². The van der Waals surface area contributed by atoms with Gasteiger partial charge in [-0.15, -0.1) is 0 Å². The monoisotopic (exact) mass is 486 g/mol. The maximum absolute atomic E-state index is 12.6. The van der Waals surface area contributed by atoms with Gasteiger partial charge in [-0.1, -0.05) is 16.8 Å². The summed E-state index contributed by atoms with van der Waals surface area (Å²) in [5, 5.41) is 7.05. The number of nitrogens with zero attached hydrogens (tertiary/aromatic N) is 1. The summed E-state index contributed by atoms with van der Waals surface area (Å²) in [6.45, 7) is 8.47. The first-order chi connectivity index (χ1) is 16.2. The molecule has 0 spiro atoms. The minimum absolute atomic E-state index is 0.00422. The number of carbonyl (C=O) groups is 1. The van der Waals surface area contributed by atoms with E-state index in [4.69, 9.17) is 35.1 Å². The molecule has 1 atom stereocenters. The van der Waals surface area contributed by atoms with Crippen molar-refractivity contribution in [2.75, 3.05) is 18.5 Å². The average Bonchev–Trinajstić information content (AvgIpc) is 3.41. The van der Waals surface area contributed by atoms with E-state index in [-0.39, 0.29) is 17.9 Å². The van der Waals surface area contributed by atoms with Crippen LogP contribution in [-0.2, 0) is 9.47 Å². The van der Waals surface area contributed by atoms with E-state index in [9.17, 15) is 4.79 Å². The summed E-state index contributed by atoms with van der Waals surface area (Å²) in [5.74, 6) is 0.719. The molecule has 9 heteroatoms. The van der Waals surface area contributed by atoms with E-state index < -0.39 is 11.7 Å². The molecule has 2 heterocycles. The largest absolute Gasteiger partial charge is 0.491 e. The fourth-order valence-corrected chi connectivity index (χ4v) is 3.62. The Labute approximate surface area is 203 Å². The summed E-state index contributed by atoms with van der Waals surface area (Å²) >= 11 is 6.24.